The molecule has 0 saturated heterocycles. The number of phenols is 1. The summed E-state index contributed by atoms with van der Waals surface area (Å²) in [5.41, 5.74) is 6.61. The van der Waals surface area contributed by atoms with Crippen molar-refractivity contribution < 1.29 is 29.3 Å². The lowest BCUT2D eigenvalue weighted by Crippen LogP contribution is -2.43. The van der Waals surface area contributed by atoms with Crippen molar-refractivity contribution in [3.8, 4) is 5.75 Å². The SMILES string of the molecule is COC(=O)[C@H](Cc1ccc(O)cc1)NC(=O)c1ccc(NC(=O)NC2=C(O)CC(N)=NC2=N)cc1. The Bertz CT molecular complexity index is 1200. The standard InChI is InChI=1S/C23H24N6O6/c1-35-22(33)16(10-12-2-8-15(30)9-3-12)27-21(32)13-4-6-14(7-5-13)26-23(34)29-19-17(31)11-18(24)28-20(19)25/h2-9,16,30-31H,10-11H2,1H3,(H,27,32)(H3,24,25,28)(H2,26,29,34)/t16-/m0/s1. The molecule has 3 rings (SSSR count). The number of phenolic OH excluding ortho intramolecular Hbond substituents is 1. The van der Waals surface area contributed by atoms with Gasteiger partial charge in [-0.15, -0.1) is 0 Å². The molecule has 2 aromatic rings. The van der Waals surface area contributed by atoms with Gasteiger partial charge in [-0.25, -0.2) is 14.6 Å². The van der Waals surface area contributed by atoms with E-state index in [9.17, 15) is 24.6 Å². The van der Waals surface area contributed by atoms with E-state index < -0.39 is 23.9 Å². The number of aliphatic imine (C=N–C) groups is 1. The van der Waals surface area contributed by atoms with Gasteiger partial charge in [0, 0.05) is 17.7 Å². The van der Waals surface area contributed by atoms with Crippen molar-refractivity contribution in [3.63, 3.8) is 0 Å². The number of aliphatic hydroxyl groups excluding tert-OH is 1. The minimum Gasteiger partial charge on any atom is -0.510 e. The van der Waals surface area contributed by atoms with Gasteiger partial charge in [-0.05, 0) is 42.0 Å². The van der Waals surface area contributed by atoms with Crippen LogP contribution < -0.4 is 21.7 Å². The van der Waals surface area contributed by atoms with E-state index in [2.05, 4.69) is 20.9 Å². The monoisotopic (exact) mass is 480 g/mol. The summed E-state index contributed by atoms with van der Waals surface area (Å²) in [6.07, 6.45) is 0.0764. The summed E-state index contributed by atoms with van der Waals surface area (Å²) in [5.74, 6) is -1.67. The number of carbonyl (C=O) groups is 3. The van der Waals surface area contributed by atoms with Crippen LogP contribution in [0.3, 0.4) is 0 Å². The first-order valence-corrected chi connectivity index (χ1v) is 10.3. The van der Waals surface area contributed by atoms with Crippen LogP contribution in [0, 0.1) is 5.41 Å². The number of aliphatic hydroxyl groups is 1. The number of amidine groups is 2. The Balaban J connectivity index is 1.61. The second-order valence-electron chi connectivity index (χ2n) is 7.53. The number of dihydropyridines is 1. The van der Waals surface area contributed by atoms with Crippen molar-refractivity contribution in [3.05, 3.63) is 71.1 Å². The molecular weight excluding hydrogens is 456 g/mol. The molecule has 0 spiro atoms. The largest absolute Gasteiger partial charge is 0.510 e. The predicted molar refractivity (Wildman–Crippen MR) is 127 cm³/mol. The highest BCUT2D eigenvalue weighted by molar-refractivity contribution is 6.10. The first-order valence-electron chi connectivity index (χ1n) is 10.3. The second kappa shape index (κ2) is 10.8. The zero-order chi connectivity index (χ0) is 25.5. The summed E-state index contributed by atoms with van der Waals surface area (Å²) >= 11 is 0. The van der Waals surface area contributed by atoms with Crippen molar-refractivity contribution in [1.29, 1.82) is 5.41 Å². The van der Waals surface area contributed by atoms with Crippen molar-refractivity contribution >= 4 is 35.3 Å². The molecule has 12 nitrogen and oxygen atoms in total. The van der Waals surface area contributed by atoms with Crippen molar-refractivity contribution in [2.24, 2.45) is 10.7 Å². The topological polar surface area (TPSA) is 199 Å². The van der Waals surface area contributed by atoms with Crippen LogP contribution in [0.2, 0.25) is 0 Å². The Morgan fingerprint density at radius 3 is 2.34 bits per heavy atom. The molecule has 1 atom stereocenters. The molecule has 0 radical (unpaired) electrons. The number of amides is 3. The maximum absolute atomic E-state index is 12.7. The number of hydrogen-bond donors (Lipinski definition) is 7. The van der Waals surface area contributed by atoms with Crippen LogP contribution in [0.4, 0.5) is 10.5 Å². The third-order valence-electron chi connectivity index (χ3n) is 4.94. The number of methoxy groups -OCH3 is 1. The number of benzene rings is 2. The van der Waals surface area contributed by atoms with Gasteiger partial charge < -0.3 is 36.6 Å². The average molecular weight is 480 g/mol. The number of nitrogens with two attached hydrogens (primary N) is 1. The number of nitrogens with zero attached hydrogens (tertiary/aromatic N) is 1. The molecule has 12 heteroatoms. The molecule has 0 unspecified atom stereocenters. The molecule has 0 aliphatic carbocycles. The van der Waals surface area contributed by atoms with Gasteiger partial charge in [0.2, 0.25) is 0 Å². The molecule has 0 aromatic heterocycles. The zero-order valence-electron chi connectivity index (χ0n) is 18.7. The first kappa shape index (κ1) is 24.8. The number of ether oxygens (including phenoxy) is 1. The third-order valence-corrected chi connectivity index (χ3v) is 4.94. The molecule has 0 saturated carbocycles. The van der Waals surface area contributed by atoms with Gasteiger partial charge in [-0.2, -0.15) is 0 Å². The highest BCUT2D eigenvalue weighted by atomic mass is 16.5. The van der Waals surface area contributed by atoms with E-state index >= 15 is 0 Å². The summed E-state index contributed by atoms with van der Waals surface area (Å²) in [5, 5.41) is 34.5. The Labute approximate surface area is 200 Å². The normalized spacial score (nSPS) is 14.0. The van der Waals surface area contributed by atoms with Gasteiger partial charge in [0.05, 0.1) is 13.5 Å². The lowest BCUT2D eigenvalue weighted by Gasteiger charge is -2.17. The van der Waals surface area contributed by atoms with Crippen molar-refractivity contribution in [2.45, 2.75) is 18.9 Å². The summed E-state index contributed by atoms with van der Waals surface area (Å²) in [4.78, 5) is 40.8. The molecule has 3 amide bonds. The van der Waals surface area contributed by atoms with E-state index in [-0.39, 0.29) is 47.3 Å². The lowest BCUT2D eigenvalue weighted by molar-refractivity contribution is -0.142. The molecule has 0 fully saturated rings. The van der Waals surface area contributed by atoms with E-state index in [4.69, 9.17) is 15.9 Å². The fourth-order valence-corrected chi connectivity index (χ4v) is 3.19. The summed E-state index contributed by atoms with van der Waals surface area (Å²) in [6, 6.07) is 10.4. The van der Waals surface area contributed by atoms with Crippen molar-refractivity contribution in [2.75, 3.05) is 12.4 Å². The van der Waals surface area contributed by atoms with E-state index in [0.717, 1.165) is 0 Å². The molecule has 1 heterocycles. The Morgan fingerprint density at radius 1 is 1.09 bits per heavy atom. The highest BCUT2D eigenvalue weighted by Crippen LogP contribution is 2.15. The molecule has 1 aliphatic heterocycles. The van der Waals surface area contributed by atoms with Gasteiger partial charge >= 0.3 is 12.0 Å². The quantitative estimate of drug-likeness (QED) is 0.291. The molecule has 8 N–H and O–H groups in total. The van der Waals surface area contributed by atoms with Crippen LogP contribution in [0.5, 0.6) is 5.75 Å². The second-order valence-corrected chi connectivity index (χ2v) is 7.53. The number of urea groups is 1. The van der Waals surface area contributed by atoms with Crippen LogP contribution >= 0.6 is 0 Å². The molecule has 182 valence electrons. The summed E-state index contributed by atoms with van der Waals surface area (Å²) < 4.78 is 4.78. The first-order chi connectivity index (χ1) is 16.7. The number of anilines is 1. The Hall–Kier alpha value is -4.87. The van der Waals surface area contributed by atoms with E-state index in [1.54, 1.807) is 12.1 Å². The van der Waals surface area contributed by atoms with Crippen LogP contribution in [-0.4, -0.2) is 52.9 Å². The van der Waals surface area contributed by atoms with Crippen LogP contribution in [0.15, 0.2) is 65.0 Å². The number of aromatic hydroxyl groups is 1. The van der Waals surface area contributed by atoms with E-state index in [1.165, 1.54) is 43.5 Å². The Morgan fingerprint density at radius 2 is 1.74 bits per heavy atom. The fourth-order valence-electron chi connectivity index (χ4n) is 3.19. The number of carbonyl (C=O) groups excluding carboxylic acids is 3. The van der Waals surface area contributed by atoms with Gasteiger partial charge in [-0.3, -0.25) is 10.2 Å². The number of rotatable bonds is 7. The van der Waals surface area contributed by atoms with Gasteiger partial charge in [0.25, 0.3) is 5.91 Å². The maximum Gasteiger partial charge on any atom is 0.328 e. The predicted octanol–water partition coefficient (Wildman–Crippen LogP) is 1.54. The average Bonchev–Trinajstić information content (AvgIpc) is 2.82. The number of hydrogen-bond acceptors (Lipinski definition) is 8. The minimum absolute atomic E-state index is 0.0600. The van der Waals surface area contributed by atoms with Gasteiger partial charge in [-0.1, -0.05) is 12.1 Å². The lowest BCUT2D eigenvalue weighted by atomic mass is 10.0. The smallest absolute Gasteiger partial charge is 0.328 e. The van der Waals surface area contributed by atoms with Crippen LogP contribution in [0.25, 0.3) is 0 Å². The molecule has 0 bridgehead atoms. The molecule has 1 aliphatic rings. The molecule has 35 heavy (non-hydrogen) atoms. The van der Waals surface area contributed by atoms with Gasteiger partial charge in [0.15, 0.2) is 5.84 Å². The van der Waals surface area contributed by atoms with E-state index in [1.807, 2.05) is 0 Å². The van der Waals surface area contributed by atoms with Crippen LogP contribution in [0.1, 0.15) is 22.3 Å². The van der Waals surface area contributed by atoms with E-state index in [0.29, 0.717) is 11.3 Å². The van der Waals surface area contributed by atoms with Crippen molar-refractivity contribution in [1.82, 2.24) is 10.6 Å². The maximum atomic E-state index is 12.7. The number of esters is 1. The zero-order valence-corrected chi connectivity index (χ0v) is 18.7. The summed E-state index contributed by atoms with van der Waals surface area (Å²) in [7, 11) is 1.22. The fraction of sp³-hybridized carbons (Fsp3) is 0.174. The molecule has 2 aromatic carbocycles. The minimum atomic E-state index is -0.955. The number of nitrogens with one attached hydrogen (secondary N) is 4. The highest BCUT2D eigenvalue weighted by Gasteiger charge is 2.23. The molecular formula is C23H24N6O6. The van der Waals surface area contributed by atoms with Crippen LogP contribution in [-0.2, 0) is 16.0 Å². The van der Waals surface area contributed by atoms with Gasteiger partial charge in [0.1, 0.15) is 29.1 Å². The third kappa shape index (κ3) is 6.57. The Kier molecular flexibility index (Phi) is 7.66. The summed E-state index contributed by atoms with van der Waals surface area (Å²) in [6.45, 7) is 0.